The third kappa shape index (κ3) is 3.82. The molecule has 1 aliphatic rings. The number of likely N-dealkylation sites (N-methyl/N-ethyl adjacent to an activating group) is 1. The number of carbonyl (C=O) groups is 1. The highest BCUT2D eigenvalue weighted by Gasteiger charge is 2.22. The quantitative estimate of drug-likeness (QED) is 0.760. The van der Waals surface area contributed by atoms with E-state index in [1.165, 1.54) is 32.1 Å². The van der Waals surface area contributed by atoms with E-state index in [1.807, 2.05) is 11.9 Å². The molecule has 1 fully saturated rings. The van der Waals surface area contributed by atoms with Crippen LogP contribution in [0.2, 0.25) is 0 Å². The van der Waals surface area contributed by atoms with E-state index in [9.17, 15) is 4.79 Å². The van der Waals surface area contributed by atoms with E-state index < -0.39 is 0 Å². The number of nitrogens with two attached hydrogens (primary N) is 1. The van der Waals surface area contributed by atoms with Gasteiger partial charge in [0, 0.05) is 13.1 Å². The molecule has 0 aromatic carbocycles. The second-order valence-corrected chi connectivity index (χ2v) is 4.74. The summed E-state index contributed by atoms with van der Waals surface area (Å²) in [5.41, 5.74) is 5.62. The van der Waals surface area contributed by atoms with Crippen LogP contribution in [0.15, 0.2) is 0 Å². The summed E-state index contributed by atoms with van der Waals surface area (Å²) in [7, 11) is 1.90. The summed E-state index contributed by atoms with van der Waals surface area (Å²) < 4.78 is 0. The third-order valence-corrected chi connectivity index (χ3v) is 3.36. The molecule has 2 N–H and O–H groups in total. The summed E-state index contributed by atoms with van der Waals surface area (Å²) in [5, 5.41) is 0. The zero-order valence-electron chi connectivity index (χ0n) is 10.0. The summed E-state index contributed by atoms with van der Waals surface area (Å²) in [6.45, 7) is 1.77. The Morgan fingerprint density at radius 1 is 1.20 bits per heavy atom. The lowest BCUT2D eigenvalue weighted by atomic mass is 9.95. The molecule has 1 saturated carbocycles. The number of rotatable bonds is 2. The van der Waals surface area contributed by atoms with Crippen molar-refractivity contribution in [1.29, 1.82) is 0 Å². The zero-order valence-corrected chi connectivity index (χ0v) is 10.0. The second-order valence-electron chi connectivity index (χ2n) is 4.74. The van der Waals surface area contributed by atoms with Crippen LogP contribution in [-0.2, 0) is 4.79 Å². The highest BCUT2D eigenvalue weighted by molar-refractivity contribution is 5.81. The van der Waals surface area contributed by atoms with Crippen LogP contribution in [0.3, 0.4) is 0 Å². The average Bonchev–Trinajstić information content (AvgIpc) is 2.15. The van der Waals surface area contributed by atoms with Gasteiger partial charge in [0.2, 0.25) is 5.91 Å². The first-order valence-electron chi connectivity index (χ1n) is 6.15. The molecular formula is C12H24N2O. The van der Waals surface area contributed by atoms with Crippen LogP contribution in [-0.4, -0.2) is 29.9 Å². The van der Waals surface area contributed by atoms with Crippen molar-refractivity contribution >= 4 is 5.91 Å². The molecule has 0 bridgehead atoms. The largest absolute Gasteiger partial charge is 0.341 e. The van der Waals surface area contributed by atoms with Gasteiger partial charge in [0.05, 0.1) is 6.04 Å². The van der Waals surface area contributed by atoms with Gasteiger partial charge in [0.1, 0.15) is 0 Å². The van der Waals surface area contributed by atoms with Gasteiger partial charge in [-0.1, -0.05) is 32.1 Å². The number of nitrogens with zero attached hydrogens (tertiary/aromatic N) is 1. The van der Waals surface area contributed by atoms with Crippen LogP contribution in [0.4, 0.5) is 0 Å². The van der Waals surface area contributed by atoms with Crippen LogP contribution >= 0.6 is 0 Å². The van der Waals surface area contributed by atoms with Gasteiger partial charge < -0.3 is 10.6 Å². The fourth-order valence-electron chi connectivity index (χ4n) is 2.32. The summed E-state index contributed by atoms with van der Waals surface area (Å²) in [6, 6.07) is 0.0595. The Bertz CT molecular complexity index is 196. The molecule has 1 amide bonds. The van der Waals surface area contributed by atoms with Crippen molar-refractivity contribution in [2.24, 2.45) is 5.73 Å². The molecule has 0 spiro atoms. The minimum absolute atomic E-state index is 0.0839. The van der Waals surface area contributed by atoms with Gasteiger partial charge in [-0.25, -0.2) is 0 Å². The average molecular weight is 212 g/mol. The topological polar surface area (TPSA) is 46.3 Å². The Balaban J connectivity index is 2.48. The molecule has 0 aliphatic heterocycles. The maximum absolute atomic E-state index is 11.7. The first-order chi connectivity index (χ1) is 7.13. The third-order valence-electron chi connectivity index (χ3n) is 3.36. The molecule has 1 aliphatic carbocycles. The number of carbonyl (C=O) groups excluding carboxylic acids is 1. The Labute approximate surface area is 93.0 Å². The Hall–Kier alpha value is -0.570. The number of hydrogen-bond donors (Lipinski definition) is 1. The Morgan fingerprint density at radius 3 is 2.13 bits per heavy atom. The number of hydrogen-bond acceptors (Lipinski definition) is 2. The second kappa shape index (κ2) is 6.11. The van der Waals surface area contributed by atoms with E-state index in [1.54, 1.807) is 6.92 Å². The van der Waals surface area contributed by atoms with E-state index >= 15 is 0 Å². The van der Waals surface area contributed by atoms with Gasteiger partial charge in [-0.2, -0.15) is 0 Å². The molecule has 0 aromatic rings. The SMILES string of the molecule is C[C@H](N)C(=O)N(C)C1CCCCCCC1. The molecule has 0 radical (unpaired) electrons. The predicted octanol–water partition coefficient (Wildman–Crippen LogP) is 1.90. The minimum atomic E-state index is -0.361. The van der Waals surface area contributed by atoms with Crippen molar-refractivity contribution in [1.82, 2.24) is 4.90 Å². The van der Waals surface area contributed by atoms with Gasteiger partial charge in [-0.15, -0.1) is 0 Å². The van der Waals surface area contributed by atoms with E-state index in [0.29, 0.717) is 6.04 Å². The first kappa shape index (κ1) is 12.5. The van der Waals surface area contributed by atoms with Crippen LogP contribution in [0.1, 0.15) is 51.9 Å². The lowest BCUT2D eigenvalue weighted by molar-refractivity contribution is -0.133. The van der Waals surface area contributed by atoms with E-state index in [4.69, 9.17) is 5.73 Å². The summed E-state index contributed by atoms with van der Waals surface area (Å²) in [6.07, 6.45) is 8.79. The van der Waals surface area contributed by atoms with Crippen molar-refractivity contribution in [2.75, 3.05) is 7.05 Å². The van der Waals surface area contributed by atoms with E-state index in [0.717, 1.165) is 12.8 Å². The van der Waals surface area contributed by atoms with E-state index in [2.05, 4.69) is 0 Å². The predicted molar refractivity (Wildman–Crippen MR) is 62.5 cm³/mol. The zero-order chi connectivity index (χ0) is 11.3. The maximum atomic E-state index is 11.7. The van der Waals surface area contributed by atoms with E-state index in [-0.39, 0.29) is 11.9 Å². The molecule has 15 heavy (non-hydrogen) atoms. The van der Waals surface area contributed by atoms with Gasteiger partial charge in [0.25, 0.3) is 0 Å². The summed E-state index contributed by atoms with van der Waals surface area (Å²) in [5.74, 6) is 0.0839. The molecule has 0 aromatic heterocycles. The molecule has 0 heterocycles. The highest BCUT2D eigenvalue weighted by atomic mass is 16.2. The van der Waals surface area contributed by atoms with Crippen molar-refractivity contribution in [3.8, 4) is 0 Å². The molecule has 3 nitrogen and oxygen atoms in total. The van der Waals surface area contributed by atoms with Gasteiger partial charge >= 0.3 is 0 Å². The molecule has 1 atom stereocenters. The molecule has 88 valence electrons. The highest BCUT2D eigenvalue weighted by Crippen LogP contribution is 2.20. The van der Waals surface area contributed by atoms with Crippen LogP contribution < -0.4 is 5.73 Å². The van der Waals surface area contributed by atoms with Crippen molar-refractivity contribution in [3.05, 3.63) is 0 Å². The van der Waals surface area contributed by atoms with Gasteiger partial charge in [0.15, 0.2) is 0 Å². The van der Waals surface area contributed by atoms with Crippen LogP contribution in [0.25, 0.3) is 0 Å². The summed E-state index contributed by atoms with van der Waals surface area (Å²) in [4.78, 5) is 13.6. The fourth-order valence-corrected chi connectivity index (χ4v) is 2.32. The van der Waals surface area contributed by atoms with Gasteiger partial charge in [-0.05, 0) is 19.8 Å². The van der Waals surface area contributed by atoms with Crippen molar-refractivity contribution in [2.45, 2.75) is 64.0 Å². The molecule has 0 unspecified atom stereocenters. The smallest absolute Gasteiger partial charge is 0.239 e. The number of amides is 1. The lowest BCUT2D eigenvalue weighted by Crippen LogP contribution is -2.45. The Kier molecular flexibility index (Phi) is 5.09. The molecule has 3 heteroatoms. The monoisotopic (exact) mass is 212 g/mol. The Morgan fingerprint density at radius 2 is 1.67 bits per heavy atom. The van der Waals surface area contributed by atoms with Gasteiger partial charge in [-0.3, -0.25) is 4.79 Å². The van der Waals surface area contributed by atoms with Crippen molar-refractivity contribution in [3.63, 3.8) is 0 Å². The molecular weight excluding hydrogens is 188 g/mol. The minimum Gasteiger partial charge on any atom is -0.341 e. The summed E-state index contributed by atoms with van der Waals surface area (Å²) >= 11 is 0. The standard InChI is InChI=1S/C12H24N2O/c1-10(13)12(15)14(2)11-8-6-4-3-5-7-9-11/h10-11H,3-9,13H2,1-2H3/t10-/m0/s1. The lowest BCUT2D eigenvalue weighted by Gasteiger charge is -2.30. The molecule has 1 rings (SSSR count). The normalized spacial score (nSPS) is 21.5. The van der Waals surface area contributed by atoms with Crippen LogP contribution in [0, 0.1) is 0 Å². The maximum Gasteiger partial charge on any atom is 0.239 e. The molecule has 0 saturated heterocycles. The van der Waals surface area contributed by atoms with Crippen LogP contribution in [0.5, 0.6) is 0 Å². The van der Waals surface area contributed by atoms with Crippen molar-refractivity contribution < 1.29 is 4.79 Å². The first-order valence-corrected chi connectivity index (χ1v) is 6.15. The fraction of sp³-hybridized carbons (Fsp3) is 0.917.